The molecule has 4 aromatic rings. The van der Waals surface area contributed by atoms with Gasteiger partial charge in [0.2, 0.25) is 5.91 Å². The molecule has 0 aliphatic heterocycles. The van der Waals surface area contributed by atoms with Crippen molar-refractivity contribution in [1.29, 1.82) is 0 Å². The van der Waals surface area contributed by atoms with Crippen molar-refractivity contribution in [3.8, 4) is 5.69 Å². The van der Waals surface area contributed by atoms with Gasteiger partial charge in [-0.1, -0.05) is 18.2 Å². The lowest BCUT2D eigenvalue weighted by molar-refractivity contribution is -0.116. The average molecular weight is 391 g/mol. The van der Waals surface area contributed by atoms with Gasteiger partial charge in [-0.15, -0.1) is 0 Å². The van der Waals surface area contributed by atoms with Crippen LogP contribution in [0.25, 0.3) is 16.7 Å². The highest BCUT2D eigenvalue weighted by atomic mass is 19.1. The Labute approximate surface area is 165 Å². The number of benzene rings is 2. The SMILES string of the molecule is Cc1cccc(C)c1NC(=O)Cn1cnc2c(cnn2-c2ccc(F)cc2)c1=O. The molecular formula is C21H18FN5O2. The minimum Gasteiger partial charge on any atom is -0.324 e. The zero-order chi connectivity index (χ0) is 20.5. The summed E-state index contributed by atoms with van der Waals surface area (Å²) in [6.45, 7) is 3.65. The van der Waals surface area contributed by atoms with Gasteiger partial charge < -0.3 is 5.32 Å². The number of nitrogens with zero attached hydrogens (tertiary/aromatic N) is 4. The Bertz CT molecular complexity index is 1250. The molecular weight excluding hydrogens is 373 g/mol. The zero-order valence-corrected chi connectivity index (χ0v) is 15.9. The van der Waals surface area contributed by atoms with E-state index in [1.165, 1.54) is 33.9 Å². The molecule has 7 nitrogen and oxygen atoms in total. The molecule has 0 fully saturated rings. The molecule has 29 heavy (non-hydrogen) atoms. The van der Waals surface area contributed by atoms with E-state index in [0.717, 1.165) is 16.8 Å². The summed E-state index contributed by atoms with van der Waals surface area (Å²) in [6.07, 6.45) is 2.71. The molecule has 0 bridgehead atoms. The van der Waals surface area contributed by atoms with Crippen molar-refractivity contribution < 1.29 is 9.18 Å². The fourth-order valence-corrected chi connectivity index (χ4v) is 3.18. The minimum absolute atomic E-state index is 0.169. The molecule has 1 N–H and O–H groups in total. The van der Waals surface area contributed by atoms with Crippen LogP contribution in [0.3, 0.4) is 0 Å². The fourth-order valence-electron chi connectivity index (χ4n) is 3.18. The second kappa shape index (κ2) is 7.31. The maximum atomic E-state index is 13.2. The topological polar surface area (TPSA) is 81.8 Å². The smallest absolute Gasteiger partial charge is 0.264 e. The number of hydrogen-bond acceptors (Lipinski definition) is 4. The molecule has 0 saturated heterocycles. The summed E-state index contributed by atoms with van der Waals surface area (Å²) < 4.78 is 15.8. The van der Waals surface area contributed by atoms with Gasteiger partial charge in [0, 0.05) is 5.69 Å². The second-order valence-corrected chi connectivity index (χ2v) is 6.76. The van der Waals surface area contributed by atoms with Crippen molar-refractivity contribution in [2.45, 2.75) is 20.4 Å². The van der Waals surface area contributed by atoms with E-state index in [4.69, 9.17) is 0 Å². The molecule has 0 radical (unpaired) electrons. The first-order valence-electron chi connectivity index (χ1n) is 8.99. The molecule has 2 aromatic carbocycles. The number of anilines is 1. The lowest BCUT2D eigenvalue weighted by atomic mass is 10.1. The summed E-state index contributed by atoms with van der Waals surface area (Å²) in [7, 11) is 0. The van der Waals surface area contributed by atoms with E-state index in [9.17, 15) is 14.0 Å². The van der Waals surface area contributed by atoms with E-state index in [-0.39, 0.29) is 29.2 Å². The number of hydrogen-bond donors (Lipinski definition) is 1. The number of amides is 1. The highest BCUT2D eigenvalue weighted by molar-refractivity contribution is 5.92. The number of carbonyl (C=O) groups is 1. The van der Waals surface area contributed by atoms with Crippen LogP contribution in [0.5, 0.6) is 0 Å². The van der Waals surface area contributed by atoms with Gasteiger partial charge in [0.25, 0.3) is 5.56 Å². The van der Waals surface area contributed by atoms with Crippen molar-refractivity contribution in [3.63, 3.8) is 0 Å². The number of carbonyl (C=O) groups excluding carboxylic acids is 1. The van der Waals surface area contributed by atoms with Gasteiger partial charge in [-0.25, -0.2) is 14.1 Å². The standard InChI is InChI=1S/C21H18FN5O2/c1-13-4-3-5-14(2)19(13)25-18(28)11-26-12-23-20-17(21(26)29)10-24-27(20)16-8-6-15(22)7-9-16/h3-10,12H,11H2,1-2H3,(H,25,28). The molecule has 146 valence electrons. The van der Waals surface area contributed by atoms with Gasteiger partial charge in [0.05, 0.1) is 11.9 Å². The van der Waals surface area contributed by atoms with Crippen LogP contribution in [-0.2, 0) is 11.3 Å². The molecule has 0 aliphatic carbocycles. The van der Waals surface area contributed by atoms with Gasteiger partial charge in [0.15, 0.2) is 5.65 Å². The van der Waals surface area contributed by atoms with Crippen molar-refractivity contribution in [3.05, 3.63) is 82.3 Å². The zero-order valence-electron chi connectivity index (χ0n) is 15.9. The first-order chi connectivity index (χ1) is 13.9. The van der Waals surface area contributed by atoms with Crippen LogP contribution < -0.4 is 10.9 Å². The summed E-state index contributed by atoms with van der Waals surface area (Å²) in [5.41, 5.74) is 3.18. The molecule has 8 heteroatoms. The van der Waals surface area contributed by atoms with Crippen molar-refractivity contribution >= 4 is 22.6 Å². The molecule has 0 saturated carbocycles. The first-order valence-corrected chi connectivity index (χ1v) is 8.99. The number of aromatic nitrogens is 4. The Balaban J connectivity index is 1.62. The van der Waals surface area contributed by atoms with Crippen LogP contribution >= 0.6 is 0 Å². The predicted octanol–water partition coefficient (Wildman–Crippen LogP) is 2.98. The summed E-state index contributed by atoms with van der Waals surface area (Å²) in [5.74, 6) is -0.688. The Hall–Kier alpha value is -3.81. The predicted molar refractivity (Wildman–Crippen MR) is 108 cm³/mol. The lowest BCUT2D eigenvalue weighted by Gasteiger charge is -2.12. The minimum atomic E-state index is -0.375. The fraction of sp³-hybridized carbons (Fsp3) is 0.143. The van der Waals surface area contributed by atoms with Crippen LogP contribution in [0.2, 0.25) is 0 Å². The van der Waals surface area contributed by atoms with E-state index in [1.807, 2.05) is 32.0 Å². The van der Waals surface area contributed by atoms with Crippen molar-refractivity contribution in [1.82, 2.24) is 19.3 Å². The summed E-state index contributed by atoms with van der Waals surface area (Å²) in [6, 6.07) is 11.4. The van der Waals surface area contributed by atoms with E-state index in [0.29, 0.717) is 11.3 Å². The molecule has 2 aromatic heterocycles. The number of fused-ring (bicyclic) bond motifs is 1. The van der Waals surface area contributed by atoms with Crippen molar-refractivity contribution in [2.75, 3.05) is 5.32 Å². The maximum Gasteiger partial charge on any atom is 0.264 e. The number of aryl methyl sites for hydroxylation is 2. The van der Waals surface area contributed by atoms with Crippen LogP contribution in [-0.4, -0.2) is 25.2 Å². The third-order valence-corrected chi connectivity index (χ3v) is 4.69. The molecule has 1 amide bonds. The highest BCUT2D eigenvalue weighted by Crippen LogP contribution is 2.19. The van der Waals surface area contributed by atoms with Gasteiger partial charge in [-0.05, 0) is 49.2 Å². The highest BCUT2D eigenvalue weighted by Gasteiger charge is 2.14. The average Bonchev–Trinajstić information content (AvgIpc) is 3.12. The van der Waals surface area contributed by atoms with Crippen molar-refractivity contribution in [2.24, 2.45) is 0 Å². The molecule has 0 spiro atoms. The largest absolute Gasteiger partial charge is 0.324 e. The normalized spacial score (nSPS) is 11.0. The van der Waals surface area contributed by atoms with Gasteiger partial charge in [-0.3, -0.25) is 14.2 Å². The van der Waals surface area contributed by atoms with Gasteiger partial charge in [0.1, 0.15) is 24.1 Å². The van der Waals surface area contributed by atoms with Gasteiger partial charge in [-0.2, -0.15) is 5.10 Å². The van der Waals surface area contributed by atoms with E-state index < -0.39 is 0 Å². The molecule has 0 atom stereocenters. The summed E-state index contributed by atoms with van der Waals surface area (Å²) in [5, 5.41) is 7.32. The Morgan fingerprint density at radius 2 is 1.79 bits per heavy atom. The van der Waals surface area contributed by atoms with E-state index in [1.54, 1.807) is 12.1 Å². The van der Waals surface area contributed by atoms with Crippen LogP contribution in [0.4, 0.5) is 10.1 Å². The number of rotatable bonds is 4. The Kier molecular flexibility index (Phi) is 4.67. The molecule has 0 unspecified atom stereocenters. The quantitative estimate of drug-likeness (QED) is 0.580. The van der Waals surface area contributed by atoms with Crippen LogP contribution in [0.15, 0.2) is 59.8 Å². The first kappa shape index (κ1) is 18.5. The number of para-hydroxylation sites is 1. The third kappa shape index (κ3) is 3.52. The molecule has 0 aliphatic rings. The summed E-state index contributed by atoms with van der Waals surface area (Å²) in [4.78, 5) is 29.5. The lowest BCUT2D eigenvalue weighted by Crippen LogP contribution is -2.28. The molecule has 2 heterocycles. The molecule has 4 rings (SSSR count). The number of nitrogens with one attached hydrogen (secondary N) is 1. The van der Waals surface area contributed by atoms with E-state index in [2.05, 4.69) is 15.4 Å². The Morgan fingerprint density at radius 1 is 1.10 bits per heavy atom. The third-order valence-electron chi connectivity index (χ3n) is 4.69. The monoisotopic (exact) mass is 391 g/mol. The second-order valence-electron chi connectivity index (χ2n) is 6.76. The van der Waals surface area contributed by atoms with Crippen LogP contribution in [0.1, 0.15) is 11.1 Å². The number of halogens is 1. The van der Waals surface area contributed by atoms with Crippen LogP contribution in [0, 0.1) is 19.7 Å². The Morgan fingerprint density at radius 3 is 2.48 bits per heavy atom. The maximum absolute atomic E-state index is 13.2. The van der Waals surface area contributed by atoms with E-state index >= 15 is 0 Å². The summed E-state index contributed by atoms with van der Waals surface area (Å²) >= 11 is 0. The van der Waals surface area contributed by atoms with Gasteiger partial charge >= 0.3 is 0 Å².